The molecule has 100 valence electrons. The van der Waals surface area contributed by atoms with Crippen LogP contribution in [0.5, 0.6) is 0 Å². The summed E-state index contributed by atoms with van der Waals surface area (Å²) >= 11 is 0. The summed E-state index contributed by atoms with van der Waals surface area (Å²) in [4.78, 5) is 0. The van der Waals surface area contributed by atoms with Crippen LogP contribution in [0, 0.1) is 11.3 Å². The molecule has 0 aromatic carbocycles. The van der Waals surface area contributed by atoms with Gasteiger partial charge in [-0.15, -0.1) is 0 Å². The summed E-state index contributed by atoms with van der Waals surface area (Å²) in [6.45, 7) is 2.93. The van der Waals surface area contributed by atoms with Gasteiger partial charge in [0.2, 0.25) is 0 Å². The molecule has 2 rings (SSSR count). The molecule has 1 nitrogen and oxygen atoms in total. The summed E-state index contributed by atoms with van der Waals surface area (Å²) in [7, 11) is 0. The summed E-state index contributed by atoms with van der Waals surface area (Å²) < 4.78 is 38.6. The fourth-order valence-electron chi connectivity index (χ4n) is 3.10. The molecular weight excluding hydrogens is 227 g/mol. The second-order valence-electron chi connectivity index (χ2n) is 6.08. The molecular formula is C13H22F3N. The van der Waals surface area contributed by atoms with Gasteiger partial charge in [0.15, 0.2) is 0 Å². The Labute approximate surface area is 101 Å². The second-order valence-corrected chi connectivity index (χ2v) is 6.08. The summed E-state index contributed by atoms with van der Waals surface area (Å²) in [6.07, 6.45) is 2.15. The number of halogens is 3. The van der Waals surface area contributed by atoms with Crippen molar-refractivity contribution < 1.29 is 13.2 Å². The van der Waals surface area contributed by atoms with Crippen LogP contribution >= 0.6 is 0 Å². The molecule has 2 aliphatic carbocycles. The highest BCUT2D eigenvalue weighted by atomic mass is 19.4. The summed E-state index contributed by atoms with van der Waals surface area (Å²) in [5.41, 5.74) is 0.258. The van der Waals surface area contributed by atoms with E-state index in [0.29, 0.717) is 12.8 Å². The third-order valence-electron chi connectivity index (χ3n) is 4.54. The summed E-state index contributed by atoms with van der Waals surface area (Å²) in [5.74, 6) is -1.13. The van der Waals surface area contributed by atoms with E-state index in [2.05, 4.69) is 12.2 Å². The van der Waals surface area contributed by atoms with E-state index in [0.717, 1.165) is 32.2 Å². The lowest BCUT2D eigenvalue weighted by Gasteiger charge is -2.42. The highest BCUT2D eigenvalue weighted by Crippen LogP contribution is 2.41. The average Bonchev–Trinajstić information content (AvgIpc) is 2.23. The zero-order chi connectivity index (χ0) is 12.5. The van der Waals surface area contributed by atoms with Crippen LogP contribution in [-0.2, 0) is 0 Å². The summed E-state index contributed by atoms with van der Waals surface area (Å²) in [6, 6.07) is -0.346. The van der Waals surface area contributed by atoms with Gasteiger partial charge in [0.05, 0.1) is 5.92 Å². The van der Waals surface area contributed by atoms with Crippen molar-refractivity contribution in [1.29, 1.82) is 0 Å². The second kappa shape index (κ2) is 4.79. The van der Waals surface area contributed by atoms with Crippen molar-refractivity contribution in [2.75, 3.05) is 6.54 Å². The highest BCUT2D eigenvalue weighted by molar-refractivity contribution is 4.90. The largest absolute Gasteiger partial charge is 0.393 e. The van der Waals surface area contributed by atoms with Crippen molar-refractivity contribution in [3.8, 4) is 0 Å². The van der Waals surface area contributed by atoms with E-state index in [-0.39, 0.29) is 11.5 Å². The third kappa shape index (κ3) is 3.15. The van der Waals surface area contributed by atoms with E-state index in [1.165, 1.54) is 6.42 Å². The SMILES string of the molecule is CC1(CNC2CCCCC2C(F)(F)F)CCC1. The molecule has 0 amide bonds. The van der Waals surface area contributed by atoms with E-state index in [1.807, 2.05) is 0 Å². The van der Waals surface area contributed by atoms with E-state index in [1.54, 1.807) is 0 Å². The number of hydrogen-bond acceptors (Lipinski definition) is 1. The Morgan fingerprint density at radius 3 is 2.29 bits per heavy atom. The minimum atomic E-state index is -4.03. The van der Waals surface area contributed by atoms with Crippen molar-refractivity contribution >= 4 is 0 Å². The van der Waals surface area contributed by atoms with Crippen LogP contribution in [0.2, 0.25) is 0 Å². The zero-order valence-corrected chi connectivity index (χ0v) is 10.4. The van der Waals surface area contributed by atoms with Crippen LogP contribution in [0.1, 0.15) is 51.9 Å². The first-order valence-electron chi connectivity index (χ1n) is 6.71. The minimum absolute atomic E-state index is 0.258. The van der Waals surface area contributed by atoms with Gasteiger partial charge in [-0.25, -0.2) is 0 Å². The third-order valence-corrected chi connectivity index (χ3v) is 4.54. The molecule has 0 bridgehead atoms. The lowest BCUT2D eigenvalue weighted by atomic mass is 9.70. The maximum absolute atomic E-state index is 12.9. The predicted octanol–water partition coefficient (Wildman–Crippen LogP) is 3.89. The zero-order valence-electron chi connectivity index (χ0n) is 10.4. The molecule has 0 aliphatic heterocycles. The molecule has 17 heavy (non-hydrogen) atoms. The Balaban J connectivity index is 1.88. The Hall–Kier alpha value is -0.250. The normalized spacial score (nSPS) is 33.2. The van der Waals surface area contributed by atoms with Gasteiger partial charge in [0.1, 0.15) is 0 Å². The molecule has 2 aliphatic rings. The monoisotopic (exact) mass is 249 g/mol. The van der Waals surface area contributed by atoms with Crippen LogP contribution in [0.15, 0.2) is 0 Å². The molecule has 0 aromatic heterocycles. The number of alkyl halides is 3. The maximum Gasteiger partial charge on any atom is 0.393 e. The van der Waals surface area contributed by atoms with Gasteiger partial charge >= 0.3 is 6.18 Å². The van der Waals surface area contributed by atoms with Gasteiger partial charge in [-0.3, -0.25) is 0 Å². The number of nitrogens with one attached hydrogen (secondary N) is 1. The Morgan fingerprint density at radius 2 is 1.76 bits per heavy atom. The lowest BCUT2D eigenvalue weighted by Crippen LogP contribution is -2.49. The minimum Gasteiger partial charge on any atom is -0.313 e. The smallest absolute Gasteiger partial charge is 0.313 e. The van der Waals surface area contributed by atoms with Gasteiger partial charge in [-0.05, 0) is 31.1 Å². The Kier molecular flexibility index (Phi) is 3.71. The van der Waals surface area contributed by atoms with Crippen LogP contribution in [-0.4, -0.2) is 18.8 Å². The van der Waals surface area contributed by atoms with Gasteiger partial charge < -0.3 is 5.32 Å². The van der Waals surface area contributed by atoms with Crippen molar-refractivity contribution in [1.82, 2.24) is 5.32 Å². The van der Waals surface area contributed by atoms with E-state index in [4.69, 9.17) is 0 Å². The van der Waals surface area contributed by atoms with Crippen LogP contribution in [0.3, 0.4) is 0 Å². The van der Waals surface area contributed by atoms with Crippen LogP contribution < -0.4 is 5.32 Å². The quantitative estimate of drug-likeness (QED) is 0.800. The highest BCUT2D eigenvalue weighted by Gasteiger charge is 2.45. The molecule has 4 heteroatoms. The lowest BCUT2D eigenvalue weighted by molar-refractivity contribution is -0.189. The van der Waals surface area contributed by atoms with E-state index in [9.17, 15) is 13.2 Å². The molecule has 0 aromatic rings. The fraction of sp³-hybridized carbons (Fsp3) is 1.00. The molecule has 0 radical (unpaired) electrons. The number of rotatable bonds is 3. The van der Waals surface area contributed by atoms with Crippen molar-refractivity contribution in [2.24, 2.45) is 11.3 Å². The Bertz CT molecular complexity index is 258. The first-order valence-corrected chi connectivity index (χ1v) is 6.71. The first kappa shape index (κ1) is 13.2. The fourth-order valence-corrected chi connectivity index (χ4v) is 3.10. The maximum atomic E-state index is 12.9. The predicted molar refractivity (Wildman–Crippen MR) is 61.8 cm³/mol. The van der Waals surface area contributed by atoms with Crippen LogP contribution in [0.4, 0.5) is 13.2 Å². The van der Waals surface area contributed by atoms with Crippen LogP contribution in [0.25, 0.3) is 0 Å². The first-order chi connectivity index (χ1) is 7.91. The molecule has 2 fully saturated rings. The van der Waals surface area contributed by atoms with Crippen molar-refractivity contribution in [3.05, 3.63) is 0 Å². The van der Waals surface area contributed by atoms with E-state index < -0.39 is 12.1 Å². The topological polar surface area (TPSA) is 12.0 Å². The van der Waals surface area contributed by atoms with E-state index >= 15 is 0 Å². The van der Waals surface area contributed by atoms with Gasteiger partial charge in [-0.2, -0.15) is 13.2 Å². The van der Waals surface area contributed by atoms with Gasteiger partial charge in [0, 0.05) is 12.6 Å². The molecule has 0 heterocycles. The molecule has 1 N–H and O–H groups in total. The molecule has 2 unspecified atom stereocenters. The molecule has 2 saturated carbocycles. The Morgan fingerprint density at radius 1 is 1.12 bits per heavy atom. The van der Waals surface area contributed by atoms with Gasteiger partial charge in [0.25, 0.3) is 0 Å². The number of hydrogen-bond donors (Lipinski definition) is 1. The standard InChI is InChI=1S/C13H22F3N/c1-12(7-4-8-12)9-17-11-6-3-2-5-10(11)13(14,15)16/h10-11,17H,2-9H2,1H3. The summed E-state index contributed by atoms with van der Waals surface area (Å²) in [5, 5.41) is 3.20. The average molecular weight is 249 g/mol. The van der Waals surface area contributed by atoms with Crippen molar-refractivity contribution in [2.45, 2.75) is 64.1 Å². The molecule has 0 spiro atoms. The van der Waals surface area contributed by atoms with Gasteiger partial charge in [-0.1, -0.05) is 26.2 Å². The molecule has 2 atom stereocenters. The van der Waals surface area contributed by atoms with Crippen molar-refractivity contribution in [3.63, 3.8) is 0 Å². The molecule has 0 saturated heterocycles.